The van der Waals surface area contributed by atoms with Gasteiger partial charge in [-0.25, -0.2) is 0 Å². The lowest BCUT2D eigenvalue weighted by Crippen LogP contribution is -2.07. The summed E-state index contributed by atoms with van der Waals surface area (Å²) in [7, 11) is 1.82. The summed E-state index contributed by atoms with van der Waals surface area (Å²) in [6, 6.07) is 0. The first-order valence-corrected chi connectivity index (χ1v) is 4.67. The Morgan fingerprint density at radius 2 is 1.77 bits per heavy atom. The third-order valence-electron chi connectivity index (χ3n) is 2.02. The van der Waals surface area contributed by atoms with Gasteiger partial charge in [-0.2, -0.15) is 0 Å². The summed E-state index contributed by atoms with van der Waals surface area (Å²) in [6.07, 6.45) is 1.82. The quantitative estimate of drug-likeness (QED) is 0.596. The molecule has 13 heavy (non-hydrogen) atoms. The van der Waals surface area contributed by atoms with Crippen molar-refractivity contribution in [3.63, 3.8) is 0 Å². The van der Waals surface area contributed by atoms with E-state index in [4.69, 9.17) is 0 Å². The first-order chi connectivity index (χ1) is 6.04. The minimum atomic E-state index is 0.479. The third kappa shape index (κ3) is 3.53. The Morgan fingerprint density at radius 3 is 2.08 bits per heavy atom. The normalized spacial score (nSPS) is 15.5. The standard InChI is InChI=1S/C11H20N2/c1-7-13-10(5)11(8(2)3)9(4)12-6/h7-8H,1-6H3/b11-10+,12-9?,13-7?. The molecule has 0 atom stereocenters. The SMILES string of the molecule is CC=N/C(C)=C(/C(C)=NC)C(C)C. The zero-order chi connectivity index (χ0) is 10.4. The van der Waals surface area contributed by atoms with Gasteiger partial charge in [0.25, 0.3) is 0 Å². The van der Waals surface area contributed by atoms with Gasteiger partial charge in [-0.15, -0.1) is 0 Å². The molecule has 0 saturated carbocycles. The van der Waals surface area contributed by atoms with Crippen molar-refractivity contribution in [2.24, 2.45) is 15.9 Å². The van der Waals surface area contributed by atoms with Crippen LogP contribution in [0, 0.1) is 5.92 Å². The second-order valence-corrected chi connectivity index (χ2v) is 3.35. The molecule has 0 fully saturated rings. The maximum Gasteiger partial charge on any atom is 0.0421 e. The van der Waals surface area contributed by atoms with Crippen molar-refractivity contribution < 1.29 is 0 Å². The van der Waals surface area contributed by atoms with Gasteiger partial charge in [0.15, 0.2) is 0 Å². The van der Waals surface area contributed by atoms with E-state index < -0.39 is 0 Å². The van der Waals surface area contributed by atoms with Crippen LogP contribution in [0.25, 0.3) is 0 Å². The van der Waals surface area contributed by atoms with Crippen LogP contribution in [-0.2, 0) is 0 Å². The molecule has 0 unspecified atom stereocenters. The molecule has 0 rings (SSSR count). The molecular formula is C11H20N2. The van der Waals surface area contributed by atoms with Gasteiger partial charge < -0.3 is 0 Å². The van der Waals surface area contributed by atoms with E-state index in [2.05, 4.69) is 23.8 Å². The van der Waals surface area contributed by atoms with Crippen molar-refractivity contribution in [2.45, 2.75) is 34.6 Å². The molecule has 0 heterocycles. The van der Waals surface area contributed by atoms with Crippen LogP contribution in [0.5, 0.6) is 0 Å². The fourth-order valence-electron chi connectivity index (χ4n) is 1.48. The molecule has 2 heteroatoms. The zero-order valence-electron chi connectivity index (χ0n) is 9.55. The van der Waals surface area contributed by atoms with E-state index in [1.165, 1.54) is 5.57 Å². The predicted molar refractivity (Wildman–Crippen MR) is 60.7 cm³/mol. The molecule has 0 N–H and O–H groups in total. The first kappa shape index (κ1) is 12.1. The molecule has 0 aromatic carbocycles. The van der Waals surface area contributed by atoms with Crippen LogP contribution in [0.15, 0.2) is 21.3 Å². The Bertz CT molecular complexity index is 245. The van der Waals surface area contributed by atoms with E-state index in [9.17, 15) is 0 Å². The lowest BCUT2D eigenvalue weighted by molar-refractivity contribution is 0.787. The van der Waals surface area contributed by atoms with Crippen LogP contribution in [0.4, 0.5) is 0 Å². The monoisotopic (exact) mass is 180 g/mol. The molecule has 2 nitrogen and oxygen atoms in total. The summed E-state index contributed by atoms with van der Waals surface area (Å²) < 4.78 is 0. The highest BCUT2D eigenvalue weighted by molar-refractivity contribution is 5.99. The number of nitrogens with zero attached hydrogens (tertiary/aromatic N) is 2. The van der Waals surface area contributed by atoms with Gasteiger partial charge in [0, 0.05) is 24.7 Å². The Kier molecular flexibility index (Phi) is 5.28. The van der Waals surface area contributed by atoms with Crippen molar-refractivity contribution in [3.05, 3.63) is 11.3 Å². The lowest BCUT2D eigenvalue weighted by atomic mass is 9.97. The molecule has 0 aromatic heterocycles. The highest BCUT2D eigenvalue weighted by atomic mass is 14.7. The fourth-order valence-corrected chi connectivity index (χ4v) is 1.48. The van der Waals surface area contributed by atoms with Gasteiger partial charge in [0.2, 0.25) is 0 Å². The highest BCUT2D eigenvalue weighted by Gasteiger charge is 2.09. The summed E-state index contributed by atoms with van der Waals surface area (Å²) >= 11 is 0. The molecule has 0 saturated heterocycles. The van der Waals surface area contributed by atoms with Crippen LogP contribution in [0.3, 0.4) is 0 Å². The first-order valence-electron chi connectivity index (χ1n) is 4.67. The lowest BCUT2D eigenvalue weighted by Gasteiger charge is -2.12. The topological polar surface area (TPSA) is 24.7 Å². The Balaban J connectivity index is 5.12. The fraction of sp³-hybridized carbons (Fsp3) is 0.636. The second kappa shape index (κ2) is 5.68. The van der Waals surface area contributed by atoms with E-state index in [-0.39, 0.29) is 0 Å². The molecule has 0 aliphatic carbocycles. The Morgan fingerprint density at radius 1 is 1.23 bits per heavy atom. The molecular weight excluding hydrogens is 160 g/mol. The summed E-state index contributed by atoms with van der Waals surface area (Å²) in [4.78, 5) is 8.49. The smallest absolute Gasteiger partial charge is 0.0421 e. The maximum atomic E-state index is 4.29. The number of rotatable bonds is 3. The van der Waals surface area contributed by atoms with Crippen LogP contribution < -0.4 is 0 Å². The van der Waals surface area contributed by atoms with Crippen molar-refractivity contribution in [1.29, 1.82) is 0 Å². The molecule has 74 valence electrons. The number of aliphatic imine (C=N–C) groups is 2. The maximum absolute atomic E-state index is 4.29. The van der Waals surface area contributed by atoms with E-state index in [0.717, 1.165) is 11.4 Å². The third-order valence-corrected chi connectivity index (χ3v) is 2.02. The second-order valence-electron chi connectivity index (χ2n) is 3.35. The van der Waals surface area contributed by atoms with Crippen molar-refractivity contribution >= 4 is 11.9 Å². The minimum Gasteiger partial charge on any atom is -0.293 e. The van der Waals surface area contributed by atoms with Crippen LogP contribution in [0.2, 0.25) is 0 Å². The van der Waals surface area contributed by atoms with E-state index in [0.29, 0.717) is 5.92 Å². The number of allylic oxidation sites excluding steroid dienone is 2. The highest BCUT2D eigenvalue weighted by Crippen LogP contribution is 2.17. The van der Waals surface area contributed by atoms with Crippen molar-refractivity contribution in [3.8, 4) is 0 Å². The van der Waals surface area contributed by atoms with Crippen LogP contribution in [0.1, 0.15) is 34.6 Å². The molecule has 0 aliphatic heterocycles. The summed E-state index contributed by atoms with van der Waals surface area (Å²) in [6.45, 7) is 10.3. The van der Waals surface area contributed by atoms with Gasteiger partial charge >= 0.3 is 0 Å². The average Bonchev–Trinajstić information content (AvgIpc) is 2.04. The molecule has 0 spiro atoms. The van der Waals surface area contributed by atoms with Gasteiger partial charge in [-0.3, -0.25) is 9.98 Å². The van der Waals surface area contributed by atoms with Crippen LogP contribution >= 0.6 is 0 Å². The van der Waals surface area contributed by atoms with Gasteiger partial charge in [0.1, 0.15) is 0 Å². The van der Waals surface area contributed by atoms with Gasteiger partial charge in [-0.1, -0.05) is 13.8 Å². The van der Waals surface area contributed by atoms with Crippen LogP contribution in [-0.4, -0.2) is 19.0 Å². The van der Waals surface area contributed by atoms with Gasteiger partial charge in [0.05, 0.1) is 0 Å². The van der Waals surface area contributed by atoms with E-state index in [1.807, 2.05) is 34.0 Å². The number of hydrogen-bond donors (Lipinski definition) is 0. The van der Waals surface area contributed by atoms with E-state index in [1.54, 1.807) is 0 Å². The summed E-state index contributed by atoms with van der Waals surface area (Å²) in [5, 5.41) is 0. The van der Waals surface area contributed by atoms with E-state index >= 15 is 0 Å². The molecule has 0 bridgehead atoms. The minimum absolute atomic E-state index is 0.479. The van der Waals surface area contributed by atoms with Gasteiger partial charge in [-0.05, 0) is 32.3 Å². The summed E-state index contributed by atoms with van der Waals surface area (Å²) in [5.41, 5.74) is 3.40. The largest absolute Gasteiger partial charge is 0.293 e. The Hall–Kier alpha value is -0.920. The predicted octanol–water partition coefficient (Wildman–Crippen LogP) is 3.10. The average molecular weight is 180 g/mol. The summed E-state index contributed by atoms with van der Waals surface area (Å²) in [5.74, 6) is 0.479. The molecule has 0 aliphatic rings. The molecule has 0 aromatic rings. The van der Waals surface area contributed by atoms with Crippen molar-refractivity contribution in [2.75, 3.05) is 7.05 Å². The van der Waals surface area contributed by atoms with Crippen molar-refractivity contribution in [1.82, 2.24) is 0 Å². The zero-order valence-corrected chi connectivity index (χ0v) is 9.55. The molecule has 0 amide bonds. The number of hydrogen-bond acceptors (Lipinski definition) is 2. The molecule has 0 radical (unpaired) electrons. The Labute approximate surface area is 81.5 Å².